The second kappa shape index (κ2) is 49.8. The molecule has 4 atom stereocenters. The third kappa shape index (κ3) is 43.8. The van der Waals surface area contributed by atoms with Crippen molar-refractivity contribution in [3.63, 3.8) is 0 Å². The predicted octanol–water partition coefficient (Wildman–Crippen LogP) is 15.5. The molecule has 0 aromatic rings. The van der Waals surface area contributed by atoms with Gasteiger partial charge < -0.3 is 25.7 Å². The predicted molar refractivity (Wildman–Crippen MR) is 265 cm³/mol. The van der Waals surface area contributed by atoms with Gasteiger partial charge in [0.2, 0.25) is 5.91 Å². The third-order valence-electron chi connectivity index (χ3n) is 12.9. The van der Waals surface area contributed by atoms with E-state index in [1.807, 2.05) is 0 Å². The van der Waals surface area contributed by atoms with E-state index in [2.05, 4.69) is 43.5 Å². The van der Waals surface area contributed by atoms with Gasteiger partial charge in [-0.25, -0.2) is 0 Å². The molecule has 0 spiro atoms. The molecule has 6 heteroatoms. The van der Waals surface area contributed by atoms with Crippen molar-refractivity contribution >= 4 is 5.91 Å². The highest BCUT2D eigenvalue weighted by atomic mass is 16.3. The summed E-state index contributed by atoms with van der Waals surface area (Å²) >= 11 is 0. The van der Waals surface area contributed by atoms with Crippen molar-refractivity contribution in [2.45, 2.75) is 314 Å². The Morgan fingerprint density at radius 2 is 0.672 bits per heavy atom. The number of hydrogen-bond donors (Lipinski definition) is 5. The second-order valence-corrected chi connectivity index (χ2v) is 18.9. The van der Waals surface area contributed by atoms with Gasteiger partial charge in [0, 0.05) is 0 Å². The van der Waals surface area contributed by atoms with Gasteiger partial charge in [0.25, 0.3) is 0 Å². The van der Waals surface area contributed by atoms with Crippen molar-refractivity contribution in [3.05, 3.63) is 24.3 Å². The van der Waals surface area contributed by atoms with Gasteiger partial charge >= 0.3 is 0 Å². The first-order valence-corrected chi connectivity index (χ1v) is 27.2. The van der Waals surface area contributed by atoms with E-state index >= 15 is 0 Å². The first-order valence-electron chi connectivity index (χ1n) is 27.2. The van der Waals surface area contributed by atoms with Gasteiger partial charge in [0.15, 0.2) is 0 Å². The van der Waals surface area contributed by atoms with Gasteiger partial charge in [-0.15, -0.1) is 0 Å². The summed E-state index contributed by atoms with van der Waals surface area (Å²) in [6.45, 7) is 4.01. The zero-order chi connectivity index (χ0) is 44.5. The molecule has 0 radical (unpaired) electrons. The topological polar surface area (TPSA) is 110 Å². The van der Waals surface area contributed by atoms with Crippen LogP contribution >= 0.6 is 0 Å². The molecule has 5 N–H and O–H groups in total. The quantitative estimate of drug-likeness (QED) is 0.0309. The molecule has 0 fully saturated rings. The summed E-state index contributed by atoms with van der Waals surface area (Å²) in [5, 5.41) is 43.6. The lowest BCUT2D eigenvalue weighted by Gasteiger charge is -2.27. The summed E-state index contributed by atoms with van der Waals surface area (Å²) in [5.74, 6) is -0.592. The molecule has 0 bridgehead atoms. The molecule has 0 aromatic carbocycles. The van der Waals surface area contributed by atoms with Crippen molar-refractivity contribution in [3.8, 4) is 0 Å². The molecular formula is C55H107NO5. The Balaban J connectivity index is 3.48. The molecule has 0 aliphatic carbocycles. The van der Waals surface area contributed by atoms with E-state index in [1.54, 1.807) is 0 Å². The number of carbonyl (C=O) groups is 1. The lowest BCUT2D eigenvalue weighted by Crippen LogP contribution is -2.53. The van der Waals surface area contributed by atoms with Crippen LogP contribution in [0.3, 0.4) is 0 Å². The van der Waals surface area contributed by atoms with Crippen LogP contribution in [0.25, 0.3) is 0 Å². The van der Waals surface area contributed by atoms with E-state index in [0.717, 1.165) is 38.5 Å². The zero-order valence-corrected chi connectivity index (χ0v) is 40.9. The normalized spacial score (nSPS) is 14.0. The van der Waals surface area contributed by atoms with Crippen molar-refractivity contribution in [2.75, 3.05) is 6.61 Å². The average molecular weight is 862 g/mol. The highest BCUT2D eigenvalue weighted by Crippen LogP contribution is 2.17. The first kappa shape index (κ1) is 59.8. The molecule has 4 unspecified atom stereocenters. The summed E-state index contributed by atoms with van der Waals surface area (Å²) < 4.78 is 0. The van der Waals surface area contributed by atoms with Gasteiger partial charge in [0.05, 0.1) is 18.8 Å². The number of aliphatic hydroxyl groups is 4. The lowest BCUT2D eigenvalue weighted by molar-refractivity contribution is -0.132. The average Bonchev–Trinajstić information content (AvgIpc) is 3.26. The van der Waals surface area contributed by atoms with E-state index in [4.69, 9.17) is 0 Å². The minimum Gasteiger partial charge on any atom is -0.394 e. The van der Waals surface area contributed by atoms with Gasteiger partial charge in [-0.1, -0.05) is 250 Å². The number of unbranched alkanes of at least 4 members (excludes halogenated alkanes) is 37. The Morgan fingerprint density at radius 3 is 1.00 bits per heavy atom. The summed E-state index contributed by atoms with van der Waals surface area (Å²) in [4.78, 5) is 12.5. The maximum absolute atomic E-state index is 12.5. The number of nitrogens with one attached hydrogen (secondary N) is 1. The van der Waals surface area contributed by atoms with E-state index < -0.39 is 36.9 Å². The third-order valence-corrected chi connectivity index (χ3v) is 12.9. The Kier molecular flexibility index (Phi) is 48.8. The van der Waals surface area contributed by atoms with Crippen LogP contribution in [0, 0.1) is 0 Å². The molecule has 0 saturated heterocycles. The number of carbonyl (C=O) groups excluding carboxylic acids is 1. The molecule has 0 heterocycles. The van der Waals surface area contributed by atoms with Gasteiger partial charge in [-0.2, -0.15) is 0 Å². The van der Waals surface area contributed by atoms with Crippen LogP contribution < -0.4 is 5.32 Å². The summed E-state index contributed by atoms with van der Waals surface area (Å²) in [5.41, 5.74) is 0. The molecule has 6 nitrogen and oxygen atoms in total. The molecule has 0 saturated carbocycles. The van der Waals surface area contributed by atoms with Gasteiger partial charge in [-0.3, -0.25) is 4.79 Å². The summed E-state index contributed by atoms with van der Waals surface area (Å²) in [6.07, 6.45) is 60.0. The van der Waals surface area contributed by atoms with Crippen LogP contribution in [0.2, 0.25) is 0 Å². The fourth-order valence-corrected chi connectivity index (χ4v) is 8.58. The maximum Gasteiger partial charge on any atom is 0.249 e. The second-order valence-electron chi connectivity index (χ2n) is 18.9. The highest BCUT2D eigenvalue weighted by Gasteiger charge is 2.28. The van der Waals surface area contributed by atoms with Crippen LogP contribution in [-0.4, -0.2) is 57.3 Å². The lowest BCUT2D eigenvalue weighted by atomic mass is 10.00. The standard InChI is InChI=1S/C55H107NO5/c1-3-5-7-9-11-13-14-15-16-17-18-19-20-21-22-23-24-25-26-27-28-29-30-31-32-33-34-35-36-37-38-39-41-43-45-47-49-53(59)55(61)56-51(50-57)54(60)52(58)48-46-44-42-40-12-10-8-6-4-2/h25-26,40,42,51-54,57-60H,3-24,27-39,41,43-50H2,1-2H3,(H,56,61)/b26-25-,42-40+. The highest BCUT2D eigenvalue weighted by molar-refractivity contribution is 5.80. The molecule has 362 valence electrons. The molecule has 0 aromatic heterocycles. The first-order chi connectivity index (χ1) is 30.0. The number of amides is 1. The summed E-state index contributed by atoms with van der Waals surface area (Å²) in [7, 11) is 0. The Morgan fingerprint density at radius 1 is 0.393 bits per heavy atom. The minimum absolute atomic E-state index is 0.365. The van der Waals surface area contributed by atoms with E-state index in [-0.39, 0.29) is 0 Å². The zero-order valence-electron chi connectivity index (χ0n) is 40.9. The monoisotopic (exact) mass is 862 g/mol. The maximum atomic E-state index is 12.5. The van der Waals surface area contributed by atoms with Gasteiger partial charge in [-0.05, 0) is 64.2 Å². The Labute approximate surface area is 380 Å². The van der Waals surface area contributed by atoms with Crippen LogP contribution in [0.4, 0.5) is 0 Å². The van der Waals surface area contributed by atoms with Crippen LogP contribution in [0.1, 0.15) is 290 Å². The van der Waals surface area contributed by atoms with Crippen LogP contribution in [0.5, 0.6) is 0 Å². The largest absolute Gasteiger partial charge is 0.394 e. The number of hydrogen-bond acceptors (Lipinski definition) is 5. The smallest absolute Gasteiger partial charge is 0.249 e. The van der Waals surface area contributed by atoms with Crippen molar-refractivity contribution in [2.24, 2.45) is 0 Å². The van der Waals surface area contributed by atoms with E-state index in [0.29, 0.717) is 12.8 Å². The van der Waals surface area contributed by atoms with Crippen molar-refractivity contribution < 1.29 is 25.2 Å². The number of aliphatic hydroxyl groups excluding tert-OH is 4. The molecular weight excluding hydrogens is 755 g/mol. The fraction of sp³-hybridized carbons (Fsp3) is 0.909. The summed E-state index contributed by atoms with van der Waals surface area (Å²) in [6, 6.07) is -0.998. The van der Waals surface area contributed by atoms with Crippen molar-refractivity contribution in [1.29, 1.82) is 0 Å². The van der Waals surface area contributed by atoms with E-state index in [9.17, 15) is 25.2 Å². The molecule has 0 aliphatic heterocycles. The minimum atomic E-state index is -1.28. The molecule has 0 aliphatic rings. The fourth-order valence-electron chi connectivity index (χ4n) is 8.58. The van der Waals surface area contributed by atoms with Crippen molar-refractivity contribution in [1.82, 2.24) is 5.32 Å². The SMILES string of the molecule is CCCCCC/C=C/CCCC(O)C(O)C(CO)NC(=O)C(O)CCCCCCCCCCCCCCCCCC/C=C\CCCCCCCCCCCCCCCCCC. The molecule has 0 rings (SSSR count). The van der Waals surface area contributed by atoms with E-state index in [1.165, 1.54) is 225 Å². The van der Waals surface area contributed by atoms with Gasteiger partial charge in [0.1, 0.15) is 12.2 Å². The Bertz CT molecular complexity index is 924. The van der Waals surface area contributed by atoms with Crippen LogP contribution in [0.15, 0.2) is 24.3 Å². The number of allylic oxidation sites excluding steroid dienone is 4. The molecule has 1 amide bonds. The van der Waals surface area contributed by atoms with Crippen LogP contribution in [-0.2, 0) is 4.79 Å². The Hall–Kier alpha value is -1.21. The number of rotatable bonds is 50. The molecule has 61 heavy (non-hydrogen) atoms.